The maximum absolute atomic E-state index is 13.1. The quantitative estimate of drug-likeness (QED) is 0.412. The van der Waals surface area contributed by atoms with Gasteiger partial charge in [-0.3, -0.25) is 4.79 Å². The number of rotatable bonds is 10. The average Bonchev–Trinajstić information content (AvgIpc) is 3.52. The van der Waals surface area contributed by atoms with Crippen LogP contribution < -0.4 is 10.6 Å². The molecule has 2 atom stereocenters. The summed E-state index contributed by atoms with van der Waals surface area (Å²) >= 11 is 0. The van der Waals surface area contributed by atoms with Crippen LogP contribution in [0.5, 0.6) is 0 Å². The number of pyridine rings is 1. The first-order valence-corrected chi connectivity index (χ1v) is 12.3. The Morgan fingerprint density at radius 1 is 1.29 bits per heavy atom. The van der Waals surface area contributed by atoms with E-state index in [0.717, 1.165) is 24.9 Å². The largest absolute Gasteiger partial charge is 0.464 e. The summed E-state index contributed by atoms with van der Waals surface area (Å²) in [4.78, 5) is 30.8. The molecule has 1 fully saturated rings. The molecule has 4 rings (SSSR count). The molecule has 1 saturated heterocycles. The van der Waals surface area contributed by atoms with Gasteiger partial charge in [0.2, 0.25) is 5.91 Å². The van der Waals surface area contributed by atoms with Crippen molar-refractivity contribution in [1.29, 1.82) is 0 Å². The lowest BCUT2D eigenvalue weighted by Crippen LogP contribution is -2.24. The van der Waals surface area contributed by atoms with E-state index in [9.17, 15) is 9.59 Å². The van der Waals surface area contributed by atoms with Gasteiger partial charge in [-0.05, 0) is 44.2 Å². The van der Waals surface area contributed by atoms with Gasteiger partial charge in [0, 0.05) is 24.6 Å². The van der Waals surface area contributed by atoms with E-state index in [1.807, 2.05) is 28.8 Å². The number of ether oxygens (including phenoxy) is 2. The first-order chi connectivity index (χ1) is 17.0. The molecule has 8 heteroatoms. The predicted octanol–water partition coefficient (Wildman–Crippen LogP) is 4.64. The molecule has 0 saturated carbocycles. The number of methoxy groups -OCH3 is 1. The van der Waals surface area contributed by atoms with Gasteiger partial charge < -0.3 is 24.7 Å². The number of hydrogen-bond donors (Lipinski definition) is 2. The van der Waals surface area contributed by atoms with Gasteiger partial charge in [0.1, 0.15) is 5.65 Å². The summed E-state index contributed by atoms with van der Waals surface area (Å²) in [6.45, 7) is 5.71. The summed E-state index contributed by atoms with van der Waals surface area (Å²) in [5, 5.41) is 7.17. The Labute approximate surface area is 206 Å². The van der Waals surface area contributed by atoms with E-state index < -0.39 is 5.97 Å². The van der Waals surface area contributed by atoms with Crippen LogP contribution in [-0.4, -0.2) is 47.8 Å². The summed E-state index contributed by atoms with van der Waals surface area (Å²) in [5.41, 5.74) is 3.47. The third kappa shape index (κ3) is 5.65. The number of nitrogens with zero attached hydrogens (tertiary/aromatic N) is 2. The van der Waals surface area contributed by atoms with Gasteiger partial charge in [0.25, 0.3) is 0 Å². The van der Waals surface area contributed by atoms with Crippen molar-refractivity contribution < 1.29 is 19.1 Å². The topological polar surface area (TPSA) is 94.5 Å². The van der Waals surface area contributed by atoms with Crippen molar-refractivity contribution in [1.82, 2.24) is 9.55 Å². The van der Waals surface area contributed by atoms with E-state index >= 15 is 0 Å². The molecule has 1 aliphatic rings. The summed E-state index contributed by atoms with van der Waals surface area (Å²) in [7, 11) is 1.36. The molecule has 1 amide bonds. The Bertz CT molecular complexity index is 1170. The lowest BCUT2D eigenvalue weighted by atomic mass is 10.1. The van der Waals surface area contributed by atoms with Gasteiger partial charge in [-0.15, -0.1) is 0 Å². The minimum absolute atomic E-state index is 0.156. The zero-order valence-electron chi connectivity index (χ0n) is 20.7. The van der Waals surface area contributed by atoms with Crippen molar-refractivity contribution >= 4 is 34.3 Å². The van der Waals surface area contributed by atoms with Gasteiger partial charge in [-0.25, -0.2) is 9.78 Å². The van der Waals surface area contributed by atoms with Gasteiger partial charge in [-0.1, -0.05) is 37.3 Å². The summed E-state index contributed by atoms with van der Waals surface area (Å²) in [5.74, 6) is -0.903. The molecule has 0 bridgehead atoms. The van der Waals surface area contributed by atoms with Crippen LogP contribution in [0.2, 0.25) is 0 Å². The fraction of sp³-hybridized carbons (Fsp3) is 0.444. The number of carbonyl (C=O) groups is 2. The Kier molecular flexibility index (Phi) is 8.02. The number of benzene rings is 1. The lowest BCUT2D eigenvalue weighted by molar-refractivity contribution is -0.119. The second-order valence-electron chi connectivity index (χ2n) is 9.05. The SMILES string of the molecule is CC[C@@H](C)Nc1cnc2c(c1)c(NC(=O)[C@H]1CCOC1)c(C(=O)OC)n2CCCc1ccccc1. The van der Waals surface area contributed by atoms with E-state index in [4.69, 9.17) is 14.5 Å². The summed E-state index contributed by atoms with van der Waals surface area (Å²) < 4.78 is 12.4. The molecule has 0 radical (unpaired) electrons. The zero-order valence-corrected chi connectivity index (χ0v) is 20.7. The Morgan fingerprint density at radius 3 is 2.77 bits per heavy atom. The van der Waals surface area contributed by atoms with Crippen LogP contribution in [0.1, 0.15) is 49.2 Å². The van der Waals surface area contributed by atoms with Gasteiger partial charge in [0.05, 0.1) is 37.2 Å². The highest BCUT2D eigenvalue weighted by Gasteiger charge is 2.29. The highest BCUT2D eigenvalue weighted by Crippen LogP contribution is 2.34. The average molecular weight is 479 g/mol. The van der Waals surface area contributed by atoms with Crippen LogP contribution >= 0.6 is 0 Å². The maximum Gasteiger partial charge on any atom is 0.356 e. The summed E-state index contributed by atoms with van der Waals surface area (Å²) in [6, 6.07) is 12.4. The van der Waals surface area contributed by atoms with Crippen LogP contribution in [-0.2, 0) is 27.2 Å². The van der Waals surface area contributed by atoms with Crippen LogP contribution in [0, 0.1) is 5.92 Å². The Balaban J connectivity index is 1.74. The minimum atomic E-state index is -0.503. The molecule has 3 heterocycles. The van der Waals surface area contributed by atoms with Crippen molar-refractivity contribution in [2.75, 3.05) is 31.0 Å². The smallest absolute Gasteiger partial charge is 0.356 e. The van der Waals surface area contributed by atoms with Crippen LogP contribution in [0.3, 0.4) is 0 Å². The van der Waals surface area contributed by atoms with E-state index in [-0.39, 0.29) is 17.9 Å². The molecule has 3 aromatic rings. The number of aryl methyl sites for hydroxylation is 2. The highest BCUT2D eigenvalue weighted by molar-refractivity contribution is 6.11. The number of nitrogens with one attached hydrogen (secondary N) is 2. The molecule has 0 aliphatic carbocycles. The predicted molar refractivity (Wildman–Crippen MR) is 137 cm³/mol. The molecule has 0 unspecified atom stereocenters. The zero-order chi connectivity index (χ0) is 24.8. The molecular weight excluding hydrogens is 444 g/mol. The number of carbonyl (C=O) groups excluding carboxylic acids is 2. The first kappa shape index (κ1) is 24.7. The van der Waals surface area contributed by atoms with E-state index in [1.54, 1.807) is 6.20 Å². The standard InChI is InChI=1S/C27H34N4O4/c1-4-18(2)29-21-15-22-23(30-26(32)20-12-14-35-17-20)24(27(33)34-3)31(25(22)28-16-21)13-8-11-19-9-6-5-7-10-19/h5-7,9-10,15-16,18,20,29H,4,8,11-14,17H2,1-3H3,(H,30,32)/t18-,20+/m1/s1. The Hall–Kier alpha value is -3.39. The fourth-order valence-electron chi connectivity index (χ4n) is 4.40. The number of hydrogen-bond acceptors (Lipinski definition) is 6. The van der Waals surface area contributed by atoms with E-state index in [0.29, 0.717) is 48.6 Å². The second kappa shape index (κ2) is 11.4. The van der Waals surface area contributed by atoms with Crippen molar-refractivity contribution in [3.05, 3.63) is 53.9 Å². The molecule has 8 nitrogen and oxygen atoms in total. The summed E-state index contributed by atoms with van der Waals surface area (Å²) in [6.07, 6.45) is 5.05. The maximum atomic E-state index is 13.1. The molecule has 2 N–H and O–H groups in total. The van der Waals surface area contributed by atoms with Crippen molar-refractivity contribution in [3.63, 3.8) is 0 Å². The molecule has 0 spiro atoms. The van der Waals surface area contributed by atoms with Gasteiger partial charge in [-0.2, -0.15) is 0 Å². The fourth-order valence-corrected chi connectivity index (χ4v) is 4.40. The van der Waals surface area contributed by atoms with E-state index in [1.165, 1.54) is 12.7 Å². The molecular formula is C27H34N4O4. The lowest BCUT2D eigenvalue weighted by Gasteiger charge is -2.13. The molecule has 1 aromatic carbocycles. The van der Waals surface area contributed by atoms with Crippen molar-refractivity contribution in [2.24, 2.45) is 5.92 Å². The number of anilines is 2. The molecule has 186 valence electrons. The van der Waals surface area contributed by atoms with Crippen molar-refractivity contribution in [2.45, 2.75) is 52.1 Å². The molecule has 35 heavy (non-hydrogen) atoms. The van der Waals surface area contributed by atoms with Crippen LogP contribution in [0.4, 0.5) is 11.4 Å². The Morgan fingerprint density at radius 2 is 2.09 bits per heavy atom. The van der Waals surface area contributed by atoms with Crippen LogP contribution in [0.25, 0.3) is 11.0 Å². The minimum Gasteiger partial charge on any atom is -0.464 e. The third-order valence-electron chi connectivity index (χ3n) is 6.54. The third-order valence-corrected chi connectivity index (χ3v) is 6.54. The molecule has 1 aliphatic heterocycles. The molecule has 2 aromatic heterocycles. The number of esters is 1. The van der Waals surface area contributed by atoms with Crippen molar-refractivity contribution in [3.8, 4) is 0 Å². The van der Waals surface area contributed by atoms with Gasteiger partial charge >= 0.3 is 5.97 Å². The highest BCUT2D eigenvalue weighted by atomic mass is 16.5. The van der Waals surface area contributed by atoms with E-state index in [2.05, 4.69) is 36.6 Å². The van der Waals surface area contributed by atoms with Crippen LogP contribution in [0.15, 0.2) is 42.6 Å². The number of aromatic nitrogens is 2. The second-order valence-corrected chi connectivity index (χ2v) is 9.05. The number of amides is 1. The monoisotopic (exact) mass is 478 g/mol. The normalized spacial score (nSPS) is 16.3. The first-order valence-electron chi connectivity index (χ1n) is 12.3. The number of fused-ring (bicyclic) bond motifs is 1. The van der Waals surface area contributed by atoms with Gasteiger partial charge in [0.15, 0.2) is 5.69 Å².